The molecule has 0 amide bonds. The summed E-state index contributed by atoms with van der Waals surface area (Å²) >= 11 is 3.71. The van der Waals surface area contributed by atoms with Crippen molar-refractivity contribution >= 4 is 15.9 Å². The van der Waals surface area contributed by atoms with Crippen LogP contribution in [0.5, 0.6) is 0 Å². The molecule has 1 aromatic heterocycles. The van der Waals surface area contributed by atoms with Gasteiger partial charge >= 0.3 is 0 Å². The fraction of sp³-hybridized carbons (Fsp3) is 0.786. The second kappa shape index (κ2) is 7.29. The van der Waals surface area contributed by atoms with Gasteiger partial charge in [0.1, 0.15) is 0 Å². The first-order chi connectivity index (χ1) is 8.54. The molecule has 1 unspecified atom stereocenters. The van der Waals surface area contributed by atoms with E-state index >= 15 is 0 Å². The molecule has 3 nitrogen and oxygen atoms in total. The first-order valence-electron chi connectivity index (χ1n) is 6.96. The van der Waals surface area contributed by atoms with Crippen LogP contribution in [0, 0.1) is 5.92 Å². The van der Waals surface area contributed by atoms with Gasteiger partial charge in [0.25, 0.3) is 0 Å². The number of nitrogens with zero attached hydrogens (tertiary/aromatic N) is 2. The zero-order valence-corrected chi connectivity index (χ0v) is 13.8. The maximum Gasteiger partial charge on any atom is 0.0766 e. The van der Waals surface area contributed by atoms with E-state index in [0.717, 1.165) is 25.8 Å². The molecule has 0 bridgehead atoms. The van der Waals surface area contributed by atoms with Gasteiger partial charge in [0.05, 0.1) is 15.9 Å². The summed E-state index contributed by atoms with van der Waals surface area (Å²) in [5, 5.41) is 8.05. The van der Waals surface area contributed by atoms with Crippen LogP contribution in [0.3, 0.4) is 0 Å². The highest BCUT2D eigenvalue weighted by molar-refractivity contribution is 9.10. The number of hydrogen-bond acceptors (Lipinski definition) is 2. The van der Waals surface area contributed by atoms with Gasteiger partial charge in [0.15, 0.2) is 0 Å². The Morgan fingerprint density at radius 3 is 2.44 bits per heavy atom. The van der Waals surface area contributed by atoms with Crippen LogP contribution in [-0.2, 0) is 19.4 Å². The van der Waals surface area contributed by atoms with Crippen LogP contribution in [0.25, 0.3) is 0 Å². The van der Waals surface area contributed by atoms with Crippen LogP contribution in [0.15, 0.2) is 4.47 Å². The average molecular weight is 316 g/mol. The third kappa shape index (κ3) is 3.58. The maximum atomic E-state index is 4.64. The Morgan fingerprint density at radius 1 is 1.33 bits per heavy atom. The third-order valence-corrected chi connectivity index (χ3v) is 4.48. The van der Waals surface area contributed by atoms with Gasteiger partial charge in [0, 0.05) is 12.6 Å². The molecule has 0 aliphatic rings. The van der Waals surface area contributed by atoms with Gasteiger partial charge in [-0.25, -0.2) is 0 Å². The first-order valence-corrected chi connectivity index (χ1v) is 7.75. The predicted octanol–water partition coefficient (Wildman–Crippen LogP) is 3.40. The Labute approximate surface area is 119 Å². The predicted molar refractivity (Wildman–Crippen MR) is 81.0 cm³/mol. The van der Waals surface area contributed by atoms with Crippen molar-refractivity contribution in [2.45, 2.75) is 59.5 Å². The monoisotopic (exact) mass is 315 g/mol. The smallest absolute Gasteiger partial charge is 0.0766 e. The van der Waals surface area contributed by atoms with E-state index in [1.165, 1.54) is 15.9 Å². The van der Waals surface area contributed by atoms with Crippen LogP contribution in [0.2, 0.25) is 0 Å². The Balaban J connectivity index is 2.80. The summed E-state index contributed by atoms with van der Waals surface area (Å²) in [5.41, 5.74) is 2.52. The molecular weight excluding hydrogens is 290 g/mol. The van der Waals surface area contributed by atoms with Gasteiger partial charge in [0.2, 0.25) is 0 Å². The van der Waals surface area contributed by atoms with Crippen molar-refractivity contribution in [2.75, 3.05) is 7.05 Å². The molecule has 1 heterocycles. The summed E-state index contributed by atoms with van der Waals surface area (Å²) in [6, 6.07) is 0.571. The second-order valence-electron chi connectivity index (χ2n) is 5.05. The topological polar surface area (TPSA) is 29.9 Å². The van der Waals surface area contributed by atoms with Crippen LogP contribution >= 0.6 is 15.9 Å². The number of hydrogen-bond donors (Lipinski definition) is 1. The summed E-state index contributed by atoms with van der Waals surface area (Å²) in [4.78, 5) is 0. The van der Waals surface area contributed by atoms with E-state index in [4.69, 9.17) is 0 Å². The molecular formula is C14H26BrN3. The number of halogens is 1. The molecule has 0 saturated heterocycles. The Morgan fingerprint density at radius 2 is 2.00 bits per heavy atom. The van der Waals surface area contributed by atoms with Crippen LogP contribution in [-0.4, -0.2) is 22.9 Å². The maximum absolute atomic E-state index is 4.64. The third-order valence-electron chi connectivity index (χ3n) is 3.56. The average Bonchev–Trinajstić information content (AvgIpc) is 2.66. The number of nitrogens with one attached hydrogen (secondary N) is 1. The summed E-state index contributed by atoms with van der Waals surface area (Å²) < 4.78 is 3.35. The molecule has 104 valence electrons. The zero-order chi connectivity index (χ0) is 13.7. The van der Waals surface area contributed by atoms with E-state index in [1.54, 1.807) is 0 Å². The summed E-state index contributed by atoms with van der Waals surface area (Å²) in [5.74, 6) is 0.664. The van der Waals surface area contributed by atoms with Crippen molar-refractivity contribution in [3.05, 3.63) is 15.9 Å². The minimum absolute atomic E-state index is 0.571. The molecule has 0 aliphatic heterocycles. The van der Waals surface area contributed by atoms with Crippen molar-refractivity contribution in [2.24, 2.45) is 5.92 Å². The van der Waals surface area contributed by atoms with E-state index in [2.05, 4.69) is 58.7 Å². The standard InChI is InChI=1S/C14H26BrN3/c1-6-11-14(15)13(18(7-2)17-11)9-8-12(16-5)10(3)4/h10,12,16H,6-9H2,1-5H3. The largest absolute Gasteiger partial charge is 0.317 e. The SMILES string of the molecule is CCc1nn(CC)c(CCC(NC)C(C)C)c1Br. The molecule has 18 heavy (non-hydrogen) atoms. The molecule has 0 aromatic carbocycles. The van der Waals surface area contributed by atoms with Gasteiger partial charge in [-0.3, -0.25) is 4.68 Å². The molecule has 0 saturated carbocycles. The Hall–Kier alpha value is -0.350. The molecule has 1 rings (SSSR count). The van der Waals surface area contributed by atoms with Crippen LogP contribution in [0.4, 0.5) is 0 Å². The fourth-order valence-electron chi connectivity index (χ4n) is 2.36. The zero-order valence-electron chi connectivity index (χ0n) is 12.3. The normalized spacial score (nSPS) is 13.3. The lowest BCUT2D eigenvalue weighted by Crippen LogP contribution is -2.31. The Bertz CT molecular complexity index is 371. The van der Waals surface area contributed by atoms with Crippen LogP contribution < -0.4 is 5.32 Å². The van der Waals surface area contributed by atoms with E-state index < -0.39 is 0 Å². The molecule has 0 fully saturated rings. The highest BCUT2D eigenvalue weighted by Gasteiger charge is 2.16. The summed E-state index contributed by atoms with van der Waals surface area (Å²) in [6.07, 6.45) is 3.22. The molecule has 0 aliphatic carbocycles. The lowest BCUT2D eigenvalue weighted by atomic mass is 9.98. The van der Waals surface area contributed by atoms with Crippen molar-refractivity contribution in [3.63, 3.8) is 0 Å². The minimum Gasteiger partial charge on any atom is -0.317 e. The van der Waals surface area contributed by atoms with Crippen LogP contribution in [0.1, 0.15) is 45.5 Å². The summed E-state index contributed by atoms with van der Waals surface area (Å²) in [6.45, 7) is 9.79. The van der Waals surface area contributed by atoms with E-state index in [1.807, 2.05) is 7.05 Å². The second-order valence-corrected chi connectivity index (χ2v) is 5.85. The quantitative estimate of drug-likeness (QED) is 0.835. The number of aryl methyl sites for hydroxylation is 2. The molecule has 0 spiro atoms. The lowest BCUT2D eigenvalue weighted by Gasteiger charge is -2.20. The highest BCUT2D eigenvalue weighted by atomic mass is 79.9. The van der Waals surface area contributed by atoms with E-state index in [0.29, 0.717) is 12.0 Å². The van der Waals surface area contributed by atoms with Crippen molar-refractivity contribution in [1.82, 2.24) is 15.1 Å². The van der Waals surface area contributed by atoms with Crippen molar-refractivity contribution in [3.8, 4) is 0 Å². The van der Waals surface area contributed by atoms with Crippen molar-refractivity contribution in [1.29, 1.82) is 0 Å². The molecule has 1 N–H and O–H groups in total. The van der Waals surface area contributed by atoms with Gasteiger partial charge < -0.3 is 5.32 Å². The van der Waals surface area contributed by atoms with Crippen molar-refractivity contribution < 1.29 is 0 Å². The first kappa shape index (κ1) is 15.7. The molecule has 1 aromatic rings. The lowest BCUT2D eigenvalue weighted by molar-refractivity contribution is 0.398. The summed E-state index contributed by atoms with van der Waals surface area (Å²) in [7, 11) is 2.05. The number of aromatic nitrogens is 2. The number of rotatable bonds is 7. The van der Waals surface area contributed by atoms with Gasteiger partial charge in [-0.2, -0.15) is 5.10 Å². The molecule has 4 heteroatoms. The van der Waals surface area contributed by atoms with E-state index in [-0.39, 0.29) is 0 Å². The minimum atomic E-state index is 0.571. The molecule has 1 atom stereocenters. The Kier molecular flexibility index (Phi) is 6.36. The fourth-order valence-corrected chi connectivity index (χ4v) is 3.12. The molecule has 0 radical (unpaired) electrons. The van der Waals surface area contributed by atoms with Gasteiger partial charge in [-0.05, 0) is 55.1 Å². The van der Waals surface area contributed by atoms with Gasteiger partial charge in [-0.15, -0.1) is 0 Å². The highest BCUT2D eigenvalue weighted by Crippen LogP contribution is 2.24. The van der Waals surface area contributed by atoms with Gasteiger partial charge in [-0.1, -0.05) is 20.8 Å². The van der Waals surface area contributed by atoms with E-state index in [9.17, 15) is 0 Å².